The number of nitro groups is 1. The Kier molecular flexibility index (Phi) is 11.8. The van der Waals surface area contributed by atoms with Gasteiger partial charge in [0.25, 0.3) is 15.9 Å². The minimum atomic E-state index is -4.63. The third kappa shape index (κ3) is 9.09. The molecule has 3 saturated carbocycles. The molecule has 2 atom stereocenters. The molecular formula is C49H58N8O8S. The number of hydrogen-bond donors (Lipinski definition) is 4. The second-order valence-corrected chi connectivity index (χ2v) is 21.3. The number of hydrogen-bond acceptors (Lipinski definition) is 13. The number of morpholine rings is 1. The lowest BCUT2D eigenvalue weighted by atomic mass is 9.59. The second kappa shape index (κ2) is 17.6. The summed E-state index contributed by atoms with van der Waals surface area (Å²) >= 11 is 0. The number of ether oxygens (including phenoxy) is 2. The van der Waals surface area contributed by atoms with E-state index in [0.717, 1.165) is 88.1 Å². The Balaban J connectivity index is 0.838. The van der Waals surface area contributed by atoms with Crippen LogP contribution in [0.2, 0.25) is 0 Å². The summed E-state index contributed by atoms with van der Waals surface area (Å²) in [5.41, 5.74) is 3.38. The highest BCUT2D eigenvalue weighted by Crippen LogP contribution is 2.54. The van der Waals surface area contributed by atoms with Crippen LogP contribution in [0.25, 0.3) is 11.0 Å². The number of benzene rings is 2. The highest BCUT2D eigenvalue weighted by atomic mass is 32.2. The number of aromatic amines is 1. The fraction of sp³-hybridized carbons (Fsp3) is 0.490. The molecule has 17 heteroatoms. The molecule has 5 aromatic rings. The molecule has 2 aliphatic heterocycles. The van der Waals surface area contributed by atoms with Crippen LogP contribution >= 0.6 is 0 Å². The van der Waals surface area contributed by atoms with Crippen molar-refractivity contribution in [3.8, 4) is 11.5 Å². The smallest absolute Gasteiger partial charge is 0.312 e. The van der Waals surface area contributed by atoms with Crippen molar-refractivity contribution in [1.29, 1.82) is 0 Å². The number of carbonyl (C=O) groups excluding carboxylic acids is 1. The van der Waals surface area contributed by atoms with E-state index in [1.54, 1.807) is 37.4 Å². The molecule has 2 aromatic carbocycles. The largest absolute Gasteiger partial charge is 0.455 e. The van der Waals surface area contributed by atoms with Crippen molar-refractivity contribution in [2.75, 3.05) is 43.0 Å². The molecule has 0 radical (unpaired) electrons. The molecule has 348 valence electrons. The zero-order chi connectivity index (χ0) is 45.8. The maximum absolute atomic E-state index is 14.0. The van der Waals surface area contributed by atoms with Gasteiger partial charge in [-0.15, -0.1) is 0 Å². The molecule has 66 heavy (non-hydrogen) atoms. The normalized spacial score (nSPS) is 24.8. The number of fused-ring (bicyclic) bond motifs is 1. The molecule has 1 amide bonds. The van der Waals surface area contributed by atoms with E-state index >= 15 is 0 Å². The van der Waals surface area contributed by atoms with Crippen LogP contribution in [-0.2, 0) is 14.8 Å². The Morgan fingerprint density at radius 3 is 2.48 bits per heavy atom. The van der Waals surface area contributed by atoms with Gasteiger partial charge >= 0.3 is 5.69 Å². The van der Waals surface area contributed by atoms with E-state index in [2.05, 4.69) is 66.0 Å². The molecule has 5 aliphatic rings. The first-order valence-electron chi connectivity index (χ1n) is 23.4. The van der Waals surface area contributed by atoms with Gasteiger partial charge in [0.05, 0.1) is 47.2 Å². The van der Waals surface area contributed by atoms with Gasteiger partial charge in [-0.3, -0.25) is 19.8 Å². The minimum Gasteiger partial charge on any atom is -0.455 e. The van der Waals surface area contributed by atoms with Gasteiger partial charge in [-0.1, -0.05) is 24.3 Å². The predicted octanol–water partition coefficient (Wildman–Crippen LogP) is 8.22. The van der Waals surface area contributed by atoms with Gasteiger partial charge in [0.15, 0.2) is 0 Å². The summed E-state index contributed by atoms with van der Waals surface area (Å²) in [4.78, 5) is 41.5. The maximum atomic E-state index is 14.0. The van der Waals surface area contributed by atoms with Crippen LogP contribution in [-0.4, -0.2) is 94.7 Å². The summed E-state index contributed by atoms with van der Waals surface area (Å²) < 4.78 is 42.2. The van der Waals surface area contributed by atoms with E-state index in [1.165, 1.54) is 30.2 Å². The summed E-state index contributed by atoms with van der Waals surface area (Å²) in [5, 5.41) is 26.2. The summed E-state index contributed by atoms with van der Waals surface area (Å²) in [6.07, 6.45) is 14.0. The highest BCUT2D eigenvalue weighted by molar-refractivity contribution is 7.90. The maximum Gasteiger partial charge on any atom is 0.312 e. The number of carbonyl (C=O) groups is 1. The first-order chi connectivity index (χ1) is 31.7. The summed E-state index contributed by atoms with van der Waals surface area (Å²) in [6.45, 7) is 7.72. The number of piperidine rings is 1. The van der Waals surface area contributed by atoms with Crippen LogP contribution in [0, 0.1) is 21.4 Å². The van der Waals surface area contributed by atoms with E-state index in [4.69, 9.17) is 9.47 Å². The van der Waals surface area contributed by atoms with Gasteiger partial charge in [0, 0.05) is 61.6 Å². The number of pyridine rings is 2. The van der Waals surface area contributed by atoms with Gasteiger partial charge in [-0.25, -0.2) is 23.1 Å². The Bertz CT molecular complexity index is 2730. The Labute approximate surface area is 384 Å². The number of nitrogens with zero attached hydrogens (tertiary/aromatic N) is 5. The van der Waals surface area contributed by atoms with E-state index in [-0.39, 0.29) is 40.6 Å². The van der Waals surface area contributed by atoms with Crippen molar-refractivity contribution in [1.82, 2.24) is 24.6 Å². The molecule has 1 spiro atoms. The average molecular weight is 919 g/mol. The van der Waals surface area contributed by atoms with Crippen molar-refractivity contribution in [2.24, 2.45) is 11.3 Å². The van der Waals surface area contributed by atoms with Crippen molar-refractivity contribution in [3.05, 3.63) is 106 Å². The van der Waals surface area contributed by atoms with Crippen LogP contribution < -0.4 is 19.7 Å². The lowest BCUT2D eigenvalue weighted by molar-refractivity contribution is -0.384. The Morgan fingerprint density at radius 2 is 1.74 bits per heavy atom. The van der Waals surface area contributed by atoms with Gasteiger partial charge in [-0.2, -0.15) is 0 Å². The number of anilines is 2. The molecule has 16 nitrogen and oxygen atoms in total. The third-order valence-electron chi connectivity index (χ3n) is 15.0. The lowest BCUT2D eigenvalue weighted by Gasteiger charge is -2.58. The molecule has 0 bridgehead atoms. The number of sulfonamides is 1. The quantitative estimate of drug-likeness (QED) is 0.0650. The van der Waals surface area contributed by atoms with Crippen LogP contribution in [0.3, 0.4) is 0 Å². The number of amides is 1. The number of aromatic nitrogens is 3. The monoisotopic (exact) mass is 918 g/mol. The average Bonchev–Trinajstić information content (AvgIpc) is 4.04. The van der Waals surface area contributed by atoms with Gasteiger partial charge < -0.3 is 29.8 Å². The Morgan fingerprint density at radius 1 is 0.985 bits per heavy atom. The van der Waals surface area contributed by atoms with Crippen molar-refractivity contribution in [3.63, 3.8) is 0 Å². The van der Waals surface area contributed by atoms with Crippen LogP contribution in [0.1, 0.15) is 112 Å². The third-order valence-corrected chi connectivity index (χ3v) is 16.3. The lowest BCUT2D eigenvalue weighted by Crippen LogP contribution is -2.59. The van der Waals surface area contributed by atoms with E-state index in [1.807, 2.05) is 6.07 Å². The SMILES string of the molecule is CC1OCCN(C2CC3(CCN(c4ccc(C(=O)NS(=O)(=O)c5cnc(NCC6CCC(C)(O)CC6)c([N+](=O)[O-])c5)c(Oc5cnc6[nH]ccc6c5)c4)CC3)C2)[C@H]1c1ccccc1C1CC1. The first kappa shape index (κ1) is 44.2. The zero-order valence-electron chi connectivity index (χ0n) is 37.4. The molecule has 2 saturated heterocycles. The number of nitrogens with one attached hydrogen (secondary N) is 3. The summed E-state index contributed by atoms with van der Waals surface area (Å²) in [5.74, 6) is 0.272. The van der Waals surface area contributed by atoms with Gasteiger partial charge in [-0.05, 0) is 131 Å². The van der Waals surface area contributed by atoms with E-state index < -0.39 is 37.0 Å². The fourth-order valence-corrected chi connectivity index (χ4v) is 11.9. The first-order valence-corrected chi connectivity index (χ1v) is 24.9. The molecule has 10 rings (SSSR count). The van der Waals surface area contributed by atoms with E-state index in [0.29, 0.717) is 42.7 Å². The van der Waals surface area contributed by atoms with Crippen LogP contribution in [0.5, 0.6) is 11.5 Å². The molecule has 3 aliphatic carbocycles. The Hall–Kier alpha value is -5.62. The summed E-state index contributed by atoms with van der Waals surface area (Å²) in [7, 11) is -4.63. The predicted molar refractivity (Wildman–Crippen MR) is 249 cm³/mol. The topological polar surface area (TPSA) is 205 Å². The number of H-pyrrole nitrogens is 1. The molecule has 1 unspecified atom stereocenters. The van der Waals surface area contributed by atoms with Crippen LogP contribution in [0.15, 0.2) is 84.1 Å². The molecule has 4 N–H and O–H groups in total. The zero-order valence-corrected chi connectivity index (χ0v) is 38.3. The van der Waals surface area contributed by atoms with Gasteiger partial charge in [0.1, 0.15) is 22.0 Å². The molecule has 5 heterocycles. The fourth-order valence-electron chi connectivity index (χ4n) is 11.0. The molecular weight excluding hydrogens is 861 g/mol. The standard InChI is InChI=1S/C49H58N8O8S/c1-31-44(40-6-4-3-5-39(40)33-7-8-33)56(21-22-64-31)36-26-49(27-36)16-19-55(20-17-49)35-9-10-41(43(24-35)65-37-23-34-13-18-50-45(34)52-29-37)47(58)54-66(62,63)38-25-42(57(60)61)46(53-30-38)51-28-32-11-14-48(2,59)15-12-32/h3-6,9-10,13,18,23-25,29-33,36,44,59H,7-8,11-12,14-17,19-22,26-28H2,1-2H3,(H,50,52)(H,51,53)(H,54,58)/t31?,32?,44-,48?/m1/s1. The molecule has 5 fully saturated rings. The minimum absolute atomic E-state index is 0.0448. The van der Waals surface area contributed by atoms with Gasteiger partial charge in [0.2, 0.25) is 5.82 Å². The molecule has 3 aromatic heterocycles. The van der Waals surface area contributed by atoms with Crippen molar-refractivity contribution in [2.45, 2.75) is 113 Å². The highest BCUT2D eigenvalue weighted by Gasteiger charge is 2.51. The van der Waals surface area contributed by atoms with Crippen LogP contribution in [0.4, 0.5) is 17.2 Å². The van der Waals surface area contributed by atoms with Crippen molar-refractivity contribution < 1.29 is 32.7 Å². The number of rotatable bonds is 13. The van der Waals surface area contributed by atoms with Crippen molar-refractivity contribution >= 4 is 44.2 Å². The van der Waals surface area contributed by atoms with E-state index in [9.17, 15) is 28.4 Å². The number of aliphatic hydroxyl groups is 1. The second-order valence-electron chi connectivity index (χ2n) is 19.6. The summed E-state index contributed by atoms with van der Waals surface area (Å²) in [6, 6.07) is 19.4.